The molecular weight excluding hydrogens is 727 g/mol. The second-order valence-electron chi connectivity index (χ2n) is 13.1. The summed E-state index contributed by atoms with van der Waals surface area (Å²) in [6.07, 6.45) is -0.683. The van der Waals surface area contributed by atoms with Crippen molar-refractivity contribution in [3.05, 3.63) is 94.1 Å². The van der Waals surface area contributed by atoms with Crippen LogP contribution in [0.1, 0.15) is 54.4 Å². The number of rotatable bonds is 9. The van der Waals surface area contributed by atoms with Crippen molar-refractivity contribution in [2.45, 2.75) is 85.7 Å². The molecule has 3 aromatic carbocycles. The maximum Gasteiger partial charge on any atom is 0.416 e. The van der Waals surface area contributed by atoms with Crippen LogP contribution in [0.25, 0.3) is 10.9 Å². The minimum atomic E-state index is -4.75. The number of hydrogen-bond acceptors (Lipinski definition) is 7. The SMILES string of the molecule is CN1C(=O)[C@@H](CCCCN)NC(=O)[C@H](CCCN)NCc2ccccc2Sc2c(Cl)ccc(C(F)(F)F)c2CNC(=O)[C@@H]1Cc1c[nH]c2ccccc12. The highest BCUT2D eigenvalue weighted by Crippen LogP contribution is 2.43. The number of H-pyrrole nitrogens is 1. The quantitative estimate of drug-likeness (QED) is 0.123. The van der Waals surface area contributed by atoms with E-state index in [1.54, 1.807) is 24.4 Å². The van der Waals surface area contributed by atoms with Gasteiger partial charge >= 0.3 is 6.18 Å². The van der Waals surface area contributed by atoms with Gasteiger partial charge in [0.1, 0.15) is 12.1 Å². The first-order valence-corrected chi connectivity index (χ1v) is 18.8. The first-order valence-electron chi connectivity index (χ1n) is 17.6. The third kappa shape index (κ3) is 9.92. The summed E-state index contributed by atoms with van der Waals surface area (Å²) >= 11 is 7.69. The lowest BCUT2D eigenvalue weighted by atomic mass is 10.0. The largest absolute Gasteiger partial charge is 0.416 e. The lowest BCUT2D eigenvalue weighted by Gasteiger charge is -2.32. The topological polar surface area (TPSA) is 158 Å². The maximum atomic E-state index is 14.6. The van der Waals surface area contributed by atoms with Gasteiger partial charge in [-0.25, -0.2) is 0 Å². The standard InChI is InChI=1S/C38H45ClF3N7O3S/c1-49-32(19-24-21-45-29-11-4-3-10-25(24)29)36(51)47-22-26-27(38(40,41)42)15-16-28(39)34(26)53-33-14-5-2-9-23(33)20-46-30(13-8-18-44)35(50)48-31(37(49)52)12-6-7-17-43/h2-5,9-11,14-16,21,30-32,45-46H,6-8,12-13,17-20,22,43-44H2,1H3,(H,47,51)(H,48,50)/t30-,31+,32-/m0/s1. The molecule has 10 nitrogen and oxygen atoms in total. The molecule has 0 radical (unpaired) electrons. The zero-order valence-electron chi connectivity index (χ0n) is 29.4. The van der Waals surface area contributed by atoms with E-state index in [0.29, 0.717) is 49.2 Å². The number of aromatic nitrogens is 1. The molecule has 2 heterocycles. The summed E-state index contributed by atoms with van der Waals surface area (Å²) < 4.78 is 43.7. The van der Waals surface area contributed by atoms with Crippen LogP contribution in [0.2, 0.25) is 5.02 Å². The van der Waals surface area contributed by atoms with Crippen molar-refractivity contribution in [1.29, 1.82) is 0 Å². The fourth-order valence-electron chi connectivity index (χ4n) is 6.52. The highest BCUT2D eigenvalue weighted by molar-refractivity contribution is 7.99. The Labute approximate surface area is 315 Å². The average molecular weight is 772 g/mol. The van der Waals surface area contributed by atoms with Crippen LogP contribution in [0.5, 0.6) is 0 Å². The molecule has 53 heavy (non-hydrogen) atoms. The number of aromatic amines is 1. The van der Waals surface area contributed by atoms with Crippen molar-refractivity contribution in [1.82, 2.24) is 25.8 Å². The van der Waals surface area contributed by atoms with Crippen LogP contribution in [0.4, 0.5) is 13.2 Å². The summed E-state index contributed by atoms with van der Waals surface area (Å²) in [5.74, 6) is -1.60. The molecule has 284 valence electrons. The van der Waals surface area contributed by atoms with E-state index in [1.807, 2.05) is 30.3 Å². The van der Waals surface area contributed by atoms with Gasteiger partial charge in [-0.1, -0.05) is 59.8 Å². The maximum absolute atomic E-state index is 14.6. The predicted octanol–water partition coefficient (Wildman–Crippen LogP) is 5.50. The Bertz CT molecular complexity index is 1910. The summed E-state index contributed by atoms with van der Waals surface area (Å²) in [7, 11) is 1.47. The number of carbonyl (C=O) groups excluding carboxylic acids is 3. The molecule has 3 amide bonds. The van der Waals surface area contributed by atoms with E-state index in [0.717, 1.165) is 34.3 Å². The molecule has 0 fully saturated rings. The van der Waals surface area contributed by atoms with Gasteiger partial charge in [0.05, 0.1) is 16.6 Å². The third-order valence-corrected chi connectivity index (χ3v) is 11.2. The van der Waals surface area contributed by atoms with Crippen LogP contribution >= 0.6 is 23.4 Å². The monoisotopic (exact) mass is 771 g/mol. The number of nitrogens with one attached hydrogen (secondary N) is 4. The van der Waals surface area contributed by atoms with Crippen molar-refractivity contribution in [3.8, 4) is 0 Å². The van der Waals surface area contributed by atoms with Crippen LogP contribution in [-0.4, -0.2) is 65.9 Å². The Morgan fingerprint density at radius 3 is 2.36 bits per heavy atom. The fraction of sp³-hybridized carbons (Fsp3) is 0.395. The van der Waals surface area contributed by atoms with Crippen LogP contribution in [0.15, 0.2) is 76.7 Å². The van der Waals surface area contributed by atoms with Gasteiger partial charge in [0.15, 0.2) is 0 Å². The third-order valence-electron chi connectivity index (χ3n) is 9.46. The van der Waals surface area contributed by atoms with Crippen molar-refractivity contribution >= 4 is 52.0 Å². The normalized spacial score (nSPS) is 19.3. The number of para-hydroxylation sites is 1. The number of amides is 3. The van der Waals surface area contributed by atoms with Gasteiger partial charge in [0, 0.05) is 53.4 Å². The molecule has 4 aromatic rings. The van der Waals surface area contributed by atoms with E-state index in [4.69, 9.17) is 23.1 Å². The van der Waals surface area contributed by atoms with Crippen molar-refractivity contribution < 1.29 is 27.6 Å². The fourth-order valence-corrected chi connectivity index (χ4v) is 7.92. The Morgan fingerprint density at radius 2 is 1.60 bits per heavy atom. The molecule has 0 saturated heterocycles. The predicted molar refractivity (Wildman–Crippen MR) is 201 cm³/mol. The molecule has 0 unspecified atom stereocenters. The Morgan fingerprint density at radius 1 is 0.887 bits per heavy atom. The smallest absolute Gasteiger partial charge is 0.361 e. The summed E-state index contributed by atoms with van der Waals surface area (Å²) in [5, 5.41) is 9.87. The van der Waals surface area contributed by atoms with E-state index in [-0.39, 0.29) is 34.9 Å². The number of unbranched alkanes of at least 4 members (excludes halogenated alkanes) is 1. The number of likely N-dealkylation sites (N-methyl/N-ethyl adjacent to an activating group) is 1. The van der Waals surface area contributed by atoms with Crippen LogP contribution in [-0.2, 0) is 40.1 Å². The molecule has 0 saturated carbocycles. The van der Waals surface area contributed by atoms with Gasteiger partial charge in [-0.15, -0.1) is 0 Å². The Kier molecular flexibility index (Phi) is 13.9. The number of nitrogens with two attached hydrogens (primary N) is 2. The van der Waals surface area contributed by atoms with E-state index >= 15 is 0 Å². The number of fused-ring (bicyclic) bond motifs is 3. The van der Waals surface area contributed by atoms with E-state index in [2.05, 4.69) is 20.9 Å². The van der Waals surface area contributed by atoms with Gasteiger partial charge in [0.25, 0.3) is 0 Å². The number of carbonyl (C=O) groups is 3. The van der Waals surface area contributed by atoms with E-state index < -0.39 is 54.1 Å². The average Bonchev–Trinajstić information content (AvgIpc) is 3.55. The van der Waals surface area contributed by atoms with Crippen LogP contribution < -0.4 is 27.4 Å². The first kappa shape index (κ1) is 40.1. The molecule has 15 heteroatoms. The minimum absolute atomic E-state index is 0.0406. The molecule has 1 aliphatic heterocycles. The minimum Gasteiger partial charge on any atom is -0.361 e. The van der Waals surface area contributed by atoms with Gasteiger partial charge in [-0.05, 0) is 86.1 Å². The highest BCUT2D eigenvalue weighted by atomic mass is 35.5. The molecule has 5 rings (SSSR count). The number of alkyl halides is 3. The lowest BCUT2D eigenvalue weighted by Crippen LogP contribution is -2.57. The summed E-state index contributed by atoms with van der Waals surface area (Å²) in [4.78, 5) is 47.8. The van der Waals surface area contributed by atoms with Gasteiger partial charge in [-0.3, -0.25) is 14.4 Å². The zero-order valence-corrected chi connectivity index (χ0v) is 31.0. The Hall–Kier alpha value is -4.08. The zero-order chi connectivity index (χ0) is 38.1. The Balaban J connectivity index is 1.63. The number of halogens is 4. The van der Waals surface area contributed by atoms with Crippen molar-refractivity contribution in [3.63, 3.8) is 0 Å². The lowest BCUT2D eigenvalue weighted by molar-refractivity contribution is -0.142. The molecule has 0 spiro atoms. The van der Waals surface area contributed by atoms with Crippen LogP contribution in [0.3, 0.4) is 0 Å². The second-order valence-corrected chi connectivity index (χ2v) is 14.5. The van der Waals surface area contributed by atoms with E-state index in [9.17, 15) is 27.6 Å². The first-order chi connectivity index (χ1) is 25.4. The molecule has 0 aliphatic carbocycles. The number of benzene rings is 3. The summed E-state index contributed by atoms with van der Waals surface area (Å²) in [5.41, 5.74) is 12.7. The van der Waals surface area contributed by atoms with Gasteiger partial charge in [0.2, 0.25) is 17.7 Å². The van der Waals surface area contributed by atoms with Crippen molar-refractivity contribution in [2.75, 3.05) is 20.1 Å². The summed E-state index contributed by atoms with van der Waals surface area (Å²) in [6.45, 7) is 0.398. The molecule has 1 aromatic heterocycles. The highest BCUT2D eigenvalue weighted by Gasteiger charge is 2.37. The molecule has 3 atom stereocenters. The summed E-state index contributed by atoms with van der Waals surface area (Å²) in [6, 6.07) is 13.8. The second kappa shape index (κ2) is 18.3. The van der Waals surface area contributed by atoms with Crippen molar-refractivity contribution in [2.24, 2.45) is 11.5 Å². The van der Waals surface area contributed by atoms with Gasteiger partial charge < -0.3 is 37.3 Å². The molecular formula is C38H45ClF3N7O3S. The van der Waals surface area contributed by atoms with Crippen LogP contribution in [0, 0.1) is 0 Å². The molecule has 8 N–H and O–H groups in total. The van der Waals surface area contributed by atoms with E-state index in [1.165, 1.54) is 18.0 Å². The molecule has 0 bridgehead atoms. The molecule has 1 aliphatic rings. The number of nitrogens with zero attached hydrogens (tertiary/aromatic N) is 1. The number of hydrogen-bond donors (Lipinski definition) is 6. The van der Waals surface area contributed by atoms with Gasteiger partial charge in [-0.2, -0.15) is 13.2 Å².